The summed E-state index contributed by atoms with van der Waals surface area (Å²) in [5, 5.41) is 20.1. The lowest BCUT2D eigenvalue weighted by atomic mass is 9.94. The second-order valence-electron chi connectivity index (χ2n) is 8.62. The Morgan fingerprint density at radius 2 is 1.97 bits per heavy atom. The number of aryl methyl sites for hydroxylation is 1. The number of nitriles is 1. The fourth-order valence-electron chi connectivity index (χ4n) is 4.53. The first-order valence-corrected chi connectivity index (χ1v) is 11.8. The summed E-state index contributed by atoms with van der Waals surface area (Å²) in [6.45, 7) is 4.08. The Morgan fingerprint density at radius 3 is 2.64 bits per heavy atom. The van der Waals surface area contributed by atoms with Gasteiger partial charge in [0.05, 0.1) is 24.0 Å². The van der Waals surface area contributed by atoms with Crippen molar-refractivity contribution in [1.82, 2.24) is 20.0 Å². The average molecular weight is 495 g/mol. The maximum Gasteiger partial charge on any atom is 0.320 e. The van der Waals surface area contributed by atoms with Gasteiger partial charge in [0, 0.05) is 32.7 Å². The van der Waals surface area contributed by atoms with Gasteiger partial charge in [0.2, 0.25) is 0 Å². The van der Waals surface area contributed by atoms with E-state index >= 15 is 0 Å². The van der Waals surface area contributed by atoms with Crippen molar-refractivity contribution in [2.45, 2.75) is 25.3 Å². The lowest BCUT2D eigenvalue weighted by Crippen LogP contribution is -2.42. The molecule has 1 fully saturated rings. The third kappa shape index (κ3) is 5.37. The van der Waals surface area contributed by atoms with Crippen LogP contribution in [0.2, 0.25) is 0 Å². The fourth-order valence-corrected chi connectivity index (χ4v) is 4.53. The number of hydrogen-bond acceptors (Lipinski definition) is 5. The summed E-state index contributed by atoms with van der Waals surface area (Å²) >= 11 is 0. The minimum atomic E-state index is -0.927. The number of para-hydroxylation sites is 1. The van der Waals surface area contributed by atoms with Gasteiger partial charge in [-0.3, -0.25) is 10.2 Å². The largest absolute Gasteiger partial charge is 0.383 e. The van der Waals surface area contributed by atoms with Crippen molar-refractivity contribution in [3.63, 3.8) is 0 Å². The van der Waals surface area contributed by atoms with Crippen LogP contribution >= 0.6 is 0 Å². The molecule has 1 aliphatic rings. The number of anilines is 1. The van der Waals surface area contributed by atoms with E-state index in [2.05, 4.69) is 26.7 Å². The molecular formula is C26H28F2N6O2. The summed E-state index contributed by atoms with van der Waals surface area (Å²) < 4.78 is 34.3. The minimum Gasteiger partial charge on any atom is -0.383 e. The lowest BCUT2D eigenvalue weighted by Gasteiger charge is -2.21. The SMILES string of the molecule is CCc1nn(-c2ccccc2)c(NC(=O)N[C@@H]2CN(CCOC)C[C@H]2c2ccc(F)c(F)c2)c1C#N. The minimum absolute atomic E-state index is 0.261. The molecule has 2 aromatic carbocycles. The van der Waals surface area contributed by atoms with Gasteiger partial charge >= 0.3 is 6.03 Å². The zero-order chi connectivity index (χ0) is 25.7. The fraction of sp³-hybridized carbons (Fsp3) is 0.346. The van der Waals surface area contributed by atoms with E-state index in [1.807, 2.05) is 37.3 Å². The van der Waals surface area contributed by atoms with Crippen LogP contribution in [0, 0.1) is 23.0 Å². The number of aromatic nitrogens is 2. The second-order valence-corrected chi connectivity index (χ2v) is 8.62. The monoisotopic (exact) mass is 494 g/mol. The summed E-state index contributed by atoms with van der Waals surface area (Å²) in [5.41, 5.74) is 2.17. The van der Waals surface area contributed by atoms with Crippen LogP contribution in [0.15, 0.2) is 48.5 Å². The zero-order valence-electron chi connectivity index (χ0n) is 20.2. The molecule has 8 nitrogen and oxygen atoms in total. The molecule has 1 saturated heterocycles. The predicted octanol–water partition coefficient (Wildman–Crippen LogP) is 3.82. The van der Waals surface area contributed by atoms with Crippen LogP contribution in [0.1, 0.15) is 29.7 Å². The van der Waals surface area contributed by atoms with Crippen molar-refractivity contribution in [3.8, 4) is 11.8 Å². The maximum absolute atomic E-state index is 14.0. The molecule has 0 aliphatic carbocycles. The van der Waals surface area contributed by atoms with Gasteiger partial charge in [-0.25, -0.2) is 18.3 Å². The van der Waals surface area contributed by atoms with Crippen molar-refractivity contribution in [3.05, 3.63) is 77.0 Å². The number of hydrogen-bond donors (Lipinski definition) is 2. The number of rotatable bonds is 8. The number of halogens is 2. The number of carbonyl (C=O) groups is 1. The first kappa shape index (κ1) is 25.3. The van der Waals surface area contributed by atoms with Crippen molar-refractivity contribution in [2.24, 2.45) is 0 Å². The maximum atomic E-state index is 14.0. The normalized spacial score (nSPS) is 17.6. The van der Waals surface area contributed by atoms with Gasteiger partial charge in [-0.05, 0) is 36.2 Å². The Morgan fingerprint density at radius 1 is 1.19 bits per heavy atom. The van der Waals surface area contributed by atoms with Crippen LogP contribution in [-0.4, -0.2) is 60.1 Å². The molecule has 1 aliphatic heterocycles. The van der Waals surface area contributed by atoms with E-state index in [0.29, 0.717) is 55.2 Å². The molecule has 0 saturated carbocycles. The predicted molar refractivity (Wildman–Crippen MR) is 131 cm³/mol. The van der Waals surface area contributed by atoms with E-state index in [1.165, 1.54) is 6.07 Å². The van der Waals surface area contributed by atoms with Gasteiger partial charge in [-0.2, -0.15) is 10.4 Å². The van der Waals surface area contributed by atoms with Gasteiger partial charge in [-0.1, -0.05) is 31.2 Å². The third-order valence-corrected chi connectivity index (χ3v) is 6.33. The highest BCUT2D eigenvalue weighted by Crippen LogP contribution is 2.29. The Hall–Kier alpha value is -3.81. The highest BCUT2D eigenvalue weighted by Gasteiger charge is 2.35. The van der Waals surface area contributed by atoms with Crippen molar-refractivity contribution < 1.29 is 18.3 Å². The molecule has 0 unspecified atom stereocenters. The highest BCUT2D eigenvalue weighted by atomic mass is 19.2. The van der Waals surface area contributed by atoms with Gasteiger partial charge in [0.1, 0.15) is 11.6 Å². The van der Waals surface area contributed by atoms with Gasteiger partial charge in [0.15, 0.2) is 17.5 Å². The Kier molecular flexibility index (Phi) is 7.93. The molecule has 2 atom stereocenters. The Labute approximate surface area is 208 Å². The van der Waals surface area contributed by atoms with E-state index in [9.17, 15) is 18.8 Å². The van der Waals surface area contributed by atoms with Crippen molar-refractivity contribution in [1.29, 1.82) is 5.26 Å². The van der Waals surface area contributed by atoms with Crippen LogP contribution in [0.5, 0.6) is 0 Å². The van der Waals surface area contributed by atoms with Crippen LogP contribution in [0.4, 0.5) is 19.4 Å². The average Bonchev–Trinajstić information content (AvgIpc) is 3.45. The molecule has 188 valence electrons. The quantitative estimate of drug-likeness (QED) is 0.497. The Bertz CT molecular complexity index is 1260. The van der Waals surface area contributed by atoms with Crippen molar-refractivity contribution in [2.75, 3.05) is 38.7 Å². The topological polar surface area (TPSA) is 95.2 Å². The van der Waals surface area contributed by atoms with Crippen molar-refractivity contribution >= 4 is 11.8 Å². The van der Waals surface area contributed by atoms with Gasteiger partial charge in [0.25, 0.3) is 0 Å². The molecule has 2 heterocycles. The summed E-state index contributed by atoms with van der Waals surface area (Å²) in [5.74, 6) is -1.83. The number of ether oxygens (including phenoxy) is 1. The molecule has 2 N–H and O–H groups in total. The van der Waals surface area contributed by atoms with Crippen LogP contribution in [0.25, 0.3) is 5.69 Å². The smallest absolute Gasteiger partial charge is 0.320 e. The first-order valence-electron chi connectivity index (χ1n) is 11.8. The number of methoxy groups -OCH3 is 1. The van der Waals surface area contributed by atoms with E-state index < -0.39 is 17.7 Å². The molecule has 0 spiro atoms. The van der Waals surface area contributed by atoms with E-state index in [1.54, 1.807) is 17.9 Å². The number of benzene rings is 2. The number of amides is 2. The molecule has 10 heteroatoms. The molecule has 2 amide bonds. The summed E-state index contributed by atoms with van der Waals surface area (Å²) in [6, 6.07) is 14.3. The number of urea groups is 1. The summed E-state index contributed by atoms with van der Waals surface area (Å²) in [6.07, 6.45) is 0.522. The third-order valence-electron chi connectivity index (χ3n) is 6.33. The summed E-state index contributed by atoms with van der Waals surface area (Å²) in [7, 11) is 1.61. The Balaban J connectivity index is 1.59. The van der Waals surface area contributed by atoms with Gasteiger partial charge in [-0.15, -0.1) is 0 Å². The lowest BCUT2D eigenvalue weighted by molar-refractivity contribution is 0.159. The molecule has 0 bridgehead atoms. The zero-order valence-corrected chi connectivity index (χ0v) is 20.2. The van der Waals surface area contributed by atoms with E-state index in [4.69, 9.17) is 4.74 Å². The van der Waals surface area contributed by atoms with Crippen LogP contribution in [-0.2, 0) is 11.2 Å². The standard InChI is InChI=1S/C26H28F2N6O2/c1-3-23-19(14-29)25(34(32-23)18-7-5-4-6-8-18)31-26(35)30-24-16-33(11-12-36-2)15-20(24)17-9-10-21(27)22(28)13-17/h4-10,13,20,24H,3,11-12,15-16H2,1-2H3,(H2,30,31,35)/t20-,24+/m0/s1. The van der Waals surface area contributed by atoms with E-state index in [-0.39, 0.29) is 17.8 Å². The highest BCUT2D eigenvalue weighted by molar-refractivity contribution is 5.90. The number of likely N-dealkylation sites (tertiary alicyclic amines) is 1. The molecule has 4 rings (SSSR count). The molecule has 0 radical (unpaired) electrons. The second kappa shape index (κ2) is 11.3. The number of nitrogens with zero attached hydrogens (tertiary/aromatic N) is 4. The molecule has 36 heavy (non-hydrogen) atoms. The molecule has 1 aromatic heterocycles. The molecular weight excluding hydrogens is 466 g/mol. The van der Waals surface area contributed by atoms with Gasteiger partial charge < -0.3 is 10.1 Å². The van der Waals surface area contributed by atoms with E-state index in [0.717, 1.165) is 6.07 Å². The molecule has 3 aromatic rings. The van der Waals surface area contributed by atoms with Crippen LogP contribution < -0.4 is 10.6 Å². The number of carbonyl (C=O) groups excluding carboxylic acids is 1. The summed E-state index contributed by atoms with van der Waals surface area (Å²) in [4.78, 5) is 15.3. The first-order chi connectivity index (χ1) is 17.4. The number of nitrogens with one attached hydrogen (secondary N) is 2. The van der Waals surface area contributed by atoms with Crippen LogP contribution in [0.3, 0.4) is 0 Å².